The van der Waals surface area contributed by atoms with Crippen molar-refractivity contribution in [1.29, 1.82) is 0 Å². The van der Waals surface area contributed by atoms with Crippen molar-refractivity contribution in [3.8, 4) is 0 Å². The average Bonchev–Trinajstić information content (AvgIpc) is 2.44. The quantitative estimate of drug-likeness (QED) is 0.606. The van der Waals surface area contributed by atoms with E-state index >= 15 is 0 Å². The molecule has 0 bridgehead atoms. The van der Waals surface area contributed by atoms with Crippen molar-refractivity contribution in [2.24, 2.45) is 0 Å². The molecule has 0 spiro atoms. The van der Waals surface area contributed by atoms with Crippen LogP contribution in [0.3, 0.4) is 0 Å². The lowest BCUT2D eigenvalue weighted by atomic mass is 10.3. The Kier molecular flexibility index (Phi) is 5.82. The molecule has 1 unspecified atom stereocenters. The Bertz CT molecular complexity index is 611. The summed E-state index contributed by atoms with van der Waals surface area (Å²) in [7, 11) is -2.79. The number of anilines is 1. The Morgan fingerprint density at radius 1 is 1.29 bits per heavy atom. The molecule has 116 valence electrons. The summed E-state index contributed by atoms with van der Waals surface area (Å²) in [5.74, 6) is -1.20. The summed E-state index contributed by atoms with van der Waals surface area (Å²) in [6.07, 6.45) is -1.58. The molecule has 1 atom stereocenters. The third kappa shape index (κ3) is 5.14. The van der Waals surface area contributed by atoms with Crippen LogP contribution in [0.4, 0.5) is 5.69 Å². The maximum Gasteiger partial charge on any atom is 0.336 e. The lowest BCUT2D eigenvalue weighted by Gasteiger charge is -2.11. The fourth-order valence-corrected chi connectivity index (χ4v) is 2.45. The lowest BCUT2D eigenvalue weighted by molar-refractivity contribution is -0.149. The smallest absolute Gasteiger partial charge is 0.336 e. The molecule has 1 rings (SSSR count). The van der Waals surface area contributed by atoms with E-state index in [1.54, 1.807) is 0 Å². The van der Waals surface area contributed by atoms with Gasteiger partial charge in [-0.05, 0) is 24.3 Å². The SMILES string of the molecule is COC(=O)C(O)CNS(=O)(=O)c1ccc(NC(C)=O)cc1. The molecule has 1 amide bonds. The topological polar surface area (TPSA) is 122 Å². The van der Waals surface area contributed by atoms with E-state index in [0.717, 1.165) is 7.11 Å². The Hall–Kier alpha value is -1.97. The lowest BCUT2D eigenvalue weighted by Crippen LogP contribution is -2.37. The molecule has 9 heteroatoms. The van der Waals surface area contributed by atoms with Crippen molar-refractivity contribution in [2.75, 3.05) is 19.0 Å². The van der Waals surface area contributed by atoms with Crippen LogP contribution in [0.5, 0.6) is 0 Å². The first-order valence-electron chi connectivity index (χ1n) is 5.89. The van der Waals surface area contributed by atoms with Gasteiger partial charge in [0.05, 0.1) is 12.0 Å². The number of amides is 1. The molecular weight excluding hydrogens is 300 g/mol. The summed E-state index contributed by atoms with van der Waals surface area (Å²) in [5.41, 5.74) is 0.455. The summed E-state index contributed by atoms with van der Waals surface area (Å²) in [6, 6.07) is 5.43. The predicted octanol–water partition coefficient (Wildman–Crippen LogP) is -0.543. The predicted molar refractivity (Wildman–Crippen MR) is 74.0 cm³/mol. The Balaban J connectivity index is 2.74. The van der Waals surface area contributed by atoms with Crippen molar-refractivity contribution in [1.82, 2.24) is 4.72 Å². The molecule has 0 saturated carbocycles. The molecule has 0 saturated heterocycles. The number of sulfonamides is 1. The largest absolute Gasteiger partial charge is 0.467 e. The van der Waals surface area contributed by atoms with Gasteiger partial charge < -0.3 is 15.2 Å². The van der Waals surface area contributed by atoms with E-state index in [1.165, 1.54) is 31.2 Å². The van der Waals surface area contributed by atoms with Crippen LogP contribution < -0.4 is 10.0 Å². The second kappa shape index (κ2) is 7.16. The normalized spacial score (nSPS) is 12.5. The van der Waals surface area contributed by atoms with E-state index in [0.29, 0.717) is 5.69 Å². The van der Waals surface area contributed by atoms with Gasteiger partial charge >= 0.3 is 5.97 Å². The monoisotopic (exact) mass is 316 g/mol. The zero-order valence-corrected chi connectivity index (χ0v) is 12.3. The number of nitrogens with one attached hydrogen (secondary N) is 2. The molecule has 0 fully saturated rings. The first-order valence-corrected chi connectivity index (χ1v) is 7.38. The van der Waals surface area contributed by atoms with Crippen LogP contribution in [0.2, 0.25) is 0 Å². The standard InChI is InChI=1S/C12H16N2O6S/c1-8(15)14-9-3-5-10(6-4-9)21(18,19)13-7-11(16)12(17)20-2/h3-6,11,13,16H,7H2,1-2H3,(H,14,15). The van der Waals surface area contributed by atoms with Crippen molar-refractivity contribution < 1.29 is 27.9 Å². The van der Waals surface area contributed by atoms with Crippen LogP contribution in [0.25, 0.3) is 0 Å². The number of carbonyl (C=O) groups is 2. The zero-order chi connectivity index (χ0) is 16.0. The molecule has 8 nitrogen and oxygen atoms in total. The first-order chi connectivity index (χ1) is 9.76. The number of hydrogen-bond acceptors (Lipinski definition) is 6. The minimum absolute atomic E-state index is 0.0614. The van der Waals surface area contributed by atoms with E-state index in [4.69, 9.17) is 0 Å². The number of aliphatic hydroxyl groups excluding tert-OH is 1. The number of esters is 1. The fourth-order valence-electron chi connectivity index (χ4n) is 1.41. The van der Waals surface area contributed by atoms with E-state index < -0.39 is 28.6 Å². The third-order valence-corrected chi connectivity index (χ3v) is 3.86. The Labute approximate surface area is 122 Å². The van der Waals surface area contributed by atoms with Gasteiger partial charge in [0, 0.05) is 19.2 Å². The van der Waals surface area contributed by atoms with Gasteiger partial charge in [0.2, 0.25) is 15.9 Å². The second-order valence-corrected chi connectivity index (χ2v) is 5.86. The highest BCUT2D eigenvalue weighted by molar-refractivity contribution is 7.89. The number of hydrogen-bond donors (Lipinski definition) is 3. The van der Waals surface area contributed by atoms with Crippen LogP contribution in [-0.4, -0.2) is 45.2 Å². The zero-order valence-electron chi connectivity index (χ0n) is 11.5. The second-order valence-electron chi connectivity index (χ2n) is 4.10. The highest BCUT2D eigenvalue weighted by atomic mass is 32.2. The minimum atomic E-state index is -3.87. The Morgan fingerprint density at radius 3 is 2.33 bits per heavy atom. The highest BCUT2D eigenvalue weighted by Crippen LogP contribution is 2.13. The molecule has 1 aromatic carbocycles. The summed E-state index contributed by atoms with van der Waals surface area (Å²) >= 11 is 0. The number of rotatable bonds is 6. The molecule has 0 heterocycles. The number of methoxy groups -OCH3 is 1. The molecule has 1 aromatic rings. The summed E-state index contributed by atoms with van der Waals surface area (Å²) in [5, 5.41) is 11.8. The van der Waals surface area contributed by atoms with Crippen LogP contribution in [0.1, 0.15) is 6.92 Å². The third-order valence-electron chi connectivity index (χ3n) is 2.42. The van der Waals surface area contributed by atoms with E-state index in [2.05, 4.69) is 14.8 Å². The molecule has 0 aliphatic carbocycles. The van der Waals surface area contributed by atoms with Gasteiger partial charge in [-0.25, -0.2) is 17.9 Å². The van der Waals surface area contributed by atoms with Crippen molar-refractivity contribution in [3.63, 3.8) is 0 Å². The average molecular weight is 316 g/mol. The van der Waals surface area contributed by atoms with Gasteiger partial charge in [-0.2, -0.15) is 0 Å². The van der Waals surface area contributed by atoms with Crippen molar-refractivity contribution >= 4 is 27.6 Å². The maximum atomic E-state index is 11.9. The van der Waals surface area contributed by atoms with E-state index in [1.807, 2.05) is 0 Å². The molecule has 0 aromatic heterocycles. The number of benzene rings is 1. The number of aliphatic hydroxyl groups is 1. The molecule has 3 N–H and O–H groups in total. The van der Waals surface area contributed by atoms with Crippen molar-refractivity contribution in [2.45, 2.75) is 17.9 Å². The molecule has 0 radical (unpaired) electrons. The van der Waals surface area contributed by atoms with Gasteiger partial charge in [-0.1, -0.05) is 0 Å². The number of ether oxygens (including phenoxy) is 1. The van der Waals surface area contributed by atoms with Gasteiger partial charge in [-0.3, -0.25) is 4.79 Å². The minimum Gasteiger partial charge on any atom is -0.467 e. The van der Waals surface area contributed by atoms with Gasteiger partial charge in [0.25, 0.3) is 0 Å². The molecule has 21 heavy (non-hydrogen) atoms. The van der Waals surface area contributed by atoms with Crippen LogP contribution in [0, 0.1) is 0 Å². The molecule has 0 aliphatic rings. The molecular formula is C12H16N2O6S. The summed E-state index contributed by atoms with van der Waals surface area (Å²) in [6.45, 7) is 0.836. The first kappa shape index (κ1) is 17.1. The molecule has 0 aliphatic heterocycles. The van der Waals surface area contributed by atoms with E-state index in [9.17, 15) is 23.1 Å². The van der Waals surface area contributed by atoms with Gasteiger partial charge in [-0.15, -0.1) is 0 Å². The van der Waals surface area contributed by atoms with E-state index in [-0.39, 0.29) is 10.8 Å². The summed E-state index contributed by atoms with van der Waals surface area (Å²) in [4.78, 5) is 21.8. The van der Waals surface area contributed by atoms with Gasteiger partial charge in [0.1, 0.15) is 0 Å². The van der Waals surface area contributed by atoms with Crippen molar-refractivity contribution in [3.05, 3.63) is 24.3 Å². The maximum absolute atomic E-state index is 11.9. The van der Waals surface area contributed by atoms with Crippen LogP contribution in [-0.2, 0) is 24.3 Å². The van der Waals surface area contributed by atoms with Crippen LogP contribution in [0.15, 0.2) is 29.2 Å². The Morgan fingerprint density at radius 2 is 1.86 bits per heavy atom. The summed E-state index contributed by atoms with van der Waals surface area (Å²) < 4.78 is 30.2. The fraction of sp³-hybridized carbons (Fsp3) is 0.333. The van der Waals surface area contributed by atoms with Gasteiger partial charge in [0.15, 0.2) is 6.10 Å². The number of carbonyl (C=O) groups excluding carboxylic acids is 2. The highest BCUT2D eigenvalue weighted by Gasteiger charge is 2.20. The van der Waals surface area contributed by atoms with Crippen LogP contribution >= 0.6 is 0 Å².